The average molecular weight is 410 g/mol. The summed E-state index contributed by atoms with van der Waals surface area (Å²) in [5.41, 5.74) is 2.67. The topological polar surface area (TPSA) is 56.7 Å². The smallest absolute Gasteiger partial charge is 0.136 e. The highest BCUT2D eigenvalue weighted by atomic mass is 16.3. The summed E-state index contributed by atoms with van der Waals surface area (Å²) in [4.78, 5) is 22.1. The number of anilines is 1. The van der Waals surface area contributed by atoms with Gasteiger partial charge in [-0.3, -0.25) is 9.78 Å². The molecule has 0 amide bonds. The third kappa shape index (κ3) is 4.68. The van der Waals surface area contributed by atoms with Crippen LogP contribution in [0.3, 0.4) is 0 Å². The van der Waals surface area contributed by atoms with Gasteiger partial charge < -0.3 is 14.9 Å². The van der Waals surface area contributed by atoms with E-state index in [1.807, 2.05) is 12.3 Å². The lowest BCUT2D eigenvalue weighted by Crippen LogP contribution is -2.45. The number of hydrogen-bond acceptors (Lipinski definition) is 5. The molecule has 0 unspecified atom stereocenters. The van der Waals surface area contributed by atoms with E-state index in [4.69, 9.17) is 0 Å². The molecular weight excluding hydrogens is 374 g/mol. The fourth-order valence-electron chi connectivity index (χ4n) is 5.37. The Labute approximate surface area is 180 Å². The number of likely N-dealkylation sites (tertiary alicyclic amines) is 1. The second-order valence-corrected chi connectivity index (χ2v) is 9.86. The summed E-state index contributed by atoms with van der Waals surface area (Å²) >= 11 is 0. The van der Waals surface area contributed by atoms with Crippen molar-refractivity contribution in [3.05, 3.63) is 36.0 Å². The predicted molar refractivity (Wildman–Crippen MR) is 122 cm³/mol. The van der Waals surface area contributed by atoms with Gasteiger partial charge in [0.05, 0.1) is 11.1 Å². The van der Waals surface area contributed by atoms with Crippen molar-refractivity contribution in [1.29, 1.82) is 0 Å². The molecule has 30 heavy (non-hydrogen) atoms. The lowest BCUT2D eigenvalue weighted by atomic mass is 9.82. The fourth-order valence-corrected chi connectivity index (χ4v) is 5.37. The van der Waals surface area contributed by atoms with Gasteiger partial charge in [-0.05, 0) is 68.8 Å². The number of carbonyl (C=O) groups excluding carboxylic acids is 1. The monoisotopic (exact) mass is 409 g/mol. The molecule has 1 aromatic carbocycles. The Bertz CT molecular complexity index is 904. The van der Waals surface area contributed by atoms with Gasteiger partial charge in [0.15, 0.2) is 0 Å². The number of nitrogens with zero attached hydrogens (tertiary/aromatic N) is 3. The van der Waals surface area contributed by atoms with Crippen LogP contribution >= 0.6 is 0 Å². The number of carbonyl (C=O) groups is 1. The maximum Gasteiger partial charge on any atom is 0.136 e. The van der Waals surface area contributed by atoms with E-state index in [1.54, 1.807) is 0 Å². The van der Waals surface area contributed by atoms with E-state index in [0.717, 1.165) is 38.1 Å². The minimum atomic E-state index is -0.803. The Balaban J connectivity index is 1.45. The molecule has 2 aliphatic rings. The van der Waals surface area contributed by atoms with E-state index in [9.17, 15) is 9.90 Å². The van der Waals surface area contributed by atoms with Gasteiger partial charge in [-0.2, -0.15) is 0 Å². The normalized spacial score (nSPS) is 24.9. The molecule has 1 aromatic heterocycles. The number of fused-ring (bicyclic) bond motifs is 1. The summed E-state index contributed by atoms with van der Waals surface area (Å²) in [6.07, 6.45) is 5.21. The number of Topliss-reactive ketones (excluding diaryl/α,β-unsaturated/α-hetero) is 1. The maximum absolute atomic E-state index is 12.9. The van der Waals surface area contributed by atoms with E-state index in [-0.39, 0.29) is 5.78 Å². The van der Waals surface area contributed by atoms with Gasteiger partial charge in [-0.15, -0.1) is 0 Å². The summed E-state index contributed by atoms with van der Waals surface area (Å²) in [5, 5.41) is 12.0. The Morgan fingerprint density at radius 1 is 1.23 bits per heavy atom. The number of aliphatic hydroxyl groups is 1. The van der Waals surface area contributed by atoms with E-state index >= 15 is 0 Å². The lowest BCUT2D eigenvalue weighted by molar-refractivity contribution is -0.127. The number of pyridine rings is 1. The van der Waals surface area contributed by atoms with Gasteiger partial charge in [0.25, 0.3) is 0 Å². The summed E-state index contributed by atoms with van der Waals surface area (Å²) in [6.45, 7) is 8.02. The van der Waals surface area contributed by atoms with E-state index in [1.165, 1.54) is 16.6 Å². The van der Waals surface area contributed by atoms with E-state index < -0.39 is 5.60 Å². The molecule has 3 heterocycles. The molecule has 2 atom stereocenters. The summed E-state index contributed by atoms with van der Waals surface area (Å²) in [5.74, 6) is 1.09. The van der Waals surface area contributed by atoms with Crippen molar-refractivity contribution in [1.82, 2.24) is 9.88 Å². The molecule has 0 saturated carbocycles. The zero-order chi connectivity index (χ0) is 21.3. The number of rotatable bonds is 5. The highest BCUT2D eigenvalue weighted by Gasteiger charge is 2.35. The SMILES string of the molecule is Cc1ccc(N2C[C@@H](C)C[C@@H](CC(=O)CC3(O)CCN(C)CC3)C2)c2cccnc12. The van der Waals surface area contributed by atoms with Crippen molar-refractivity contribution in [2.45, 2.75) is 51.6 Å². The first kappa shape index (κ1) is 21.3. The first-order chi connectivity index (χ1) is 14.3. The molecular formula is C25H35N3O2. The highest BCUT2D eigenvalue weighted by Crippen LogP contribution is 2.34. The maximum atomic E-state index is 12.9. The quantitative estimate of drug-likeness (QED) is 0.814. The van der Waals surface area contributed by atoms with Crippen LogP contribution in [-0.4, -0.2) is 59.6 Å². The van der Waals surface area contributed by atoms with Crippen molar-refractivity contribution in [3.8, 4) is 0 Å². The van der Waals surface area contributed by atoms with Crippen molar-refractivity contribution < 1.29 is 9.90 Å². The average Bonchev–Trinajstić information content (AvgIpc) is 2.70. The Kier molecular flexibility index (Phi) is 6.12. The summed E-state index contributed by atoms with van der Waals surface area (Å²) in [6, 6.07) is 8.51. The van der Waals surface area contributed by atoms with Crippen LogP contribution in [-0.2, 0) is 4.79 Å². The minimum Gasteiger partial charge on any atom is -0.389 e. The molecule has 162 valence electrons. The fraction of sp³-hybridized carbons (Fsp3) is 0.600. The number of benzene rings is 1. The highest BCUT2D eigenvalue weighted by molar-refractivity contribution is 5.93. The van der Waals surface area contributed by atoms with E-state index in [0.29, 0.717) is 37.5 Å². The second kappa shape index (κ2) is 8.64. The molecule has 2 saturated heterocycles. The molecule has 4 rings (SSSR count). The number of aromatic nitrogens is 1. The molecule has 0 bridgehead atoms. The van der Waals surface area contributed by atoms with Crippen LogP contribution in [0.5, 0.6) is 0 Å². The molecule has 5 heteroatoms. The molecule has 2 aromatic rings. The van der Waals surface area contributed by atoms with Crippen molar-refractivity contribution in [3.63, 3.8) is 0 Å². The van der Waals surface area contributed by atoms with Crippen LogP contribution < -0.4 is 4.90 Å². The zero-order valence-electron chi connectivity index (χ0n) is 18.6. The van der Waals surface area contributed by atoms with Crippen molar-refractivity contribution >= 4 is 22.4 Å². The van der Waals surface area contributed by atoms with Crippen LogP contribution in [0, 0.1) is 18.8 Å². The largest absolute Gasteiger partial charge is 0.389 e. The van der Waals surface area contributed by atoms with Crippen LogP contribution in [0.4, 0.5) is 5.69 Å². The van der Waals surface area contributed by atoms with E-state index in [2.05, 4.69) is 53.9 Å². The van der Waals surface area contributed by atoms with Crippen LogP contribution in [0.25, 0.3) is 10.9 Å². The number of ketones is 1. The van der Waals surface area contributed by atoms with Gasteiger partial charge >= 0.3 is 0 Å². The van der Waals surface area contributed by atoms with Crippen LogP contribution in [0.1, 0.15) is 44.6 Å². The number of piperidine rings is 2. The third-order valence-electron chi connectivity index (χ3n) is 7.00. The molecule has 2 aliphatic heterocycles. The molecule has 5 nitrogen and oxygen atoms in total. The van der Waals surface area contributed by atoms with Crippen molar-refractivity contribution in [2.75, 3.05) is 38.1 Å². The minimum absolute atomic E-state index is 0.219. The second-order valence-electron chi connectivity index (χ2n) is 9.86. The van der Waals surface area contributed by atoms with Gasteiger partial charge in [-0.1, -0.05) is 13.0 Å². The number of hydrogen-bond donors (Lipinski definition) is 1. The first-order valence-corrected chi connectivity index (χ1v) is 11.3. The van der Waals surface area contributed by atoms with Gasteiger partial charge in [0.2, 0.25) is 0 Å². The van der Waals surface area contributed by atoms with Gasteiger partial charge in [0.1, 0.15) is 5.78 Å². The Morgan fingerprint density at radius 3 is 2.77 bits per heavy atom. The number of aryl methyl sites for hydroxylation is 1. The molecule has 0 radical (unpaired) electrons. The first-order valence-electron chi connectivity index (χ1n) is 11.3. The zero-order valence-corrected chi connectivity index (χ0v) is 18.6. The van der Waals surface area contributed by atoms with Gasteiger partial charge in [0, 0.05) is 56.3 Å². The molecule has 1 N–H and O–H groups in total. The predicted octanol–water partition coefficient (Wildman–Crippen LogP) is 3.81. The Hall–Kier alpha value is -1.98. The molecule has 0 spiro atoms. The lowest BCUT2D eigenvalue weighted by Gasteiger charge is -2.39. The van der Waals surface area contributed by atoms with Crippen LogP contribution in [0.2, 0.25) is 0 Å². The molecule has 0 aliphatic carbocycles. The van der Waals surface area contributed by atoms with Crippen molar-refractivity contribution in [2.24, 2.45) is 11.8 Å². The summed E-state index contributed by atoms with van der Waals surface area (Å²) < 4.78 is 0. The molecule has 2 fully saturated rings. The standard InChI is InChI=1S/C25H35N3O2/c1-18-13-20(14-21(29)15-25(30)8-11-27(3)12-9-25)17-28(16-18)23-7-6-19(2)24-22(23)5-4-10-26-24/h4-7,10,18,20,30H,8-9,11-17H2,1-3H3/t18-,20-/m0/s1. The Morgan fingerprint density at radius 2 is 2.00 bits per heavy atom. The third-order valence-corrected chi connectivity index (χ3v) is 7.00. The summed E-state index contributed by atoms with van der Waals surface area (Å²) in [7, 11) is 2.07. The van der Waals surface area contributed by atoms with Crippen LogP contribution in [0.15, 0.2) is 30.5 Å². The van der Waals surface area contributed by atoms with Gasteiger partial charge in [-0.25, -0.2) is 0 Å².